The summed E-state index contributed by atoms with van der Waals surface area (Å²) >= 11 is 6.43. The lowest BCUT2D eigenvalue weighted by Crippen LogP contribution is -2.37. The van der Waals surface area contributed by atoms with Crippen molar-refractivity contribution >= 4 is 56.5 Å². The van der Waals surface area contributed by atoms with Gasteiger partial charge in [0, 0.05) is 35.4 Å². The Balaban J connectivity index is 1.30. The summed E-state index contributed by atoms with van der Waals surface area (Å²) in [6, 6.07) is 9.96. The van der Waals surface area contributed by atoms with Crippen LogP contribution in [0.5, 0.6) is 6.01 Å². The van der Waals surface area contributed by atoms with Gasteiger partial charge in [-0.15, -0.1) is 0 Å². The third-order valence-electron chi connectivity index (χ3n) is 8.37. The molecule has 10 nitrogen and oxygen atoms in total. The fourth-order valence-corrected chi connectivity index (χ4v) is 6.40. The maximum atomic E-state index is 14.0. The number of carboxylic acid groups (broad SMARTS) is 1. The minimum Gasteiger partial charge on any atom is -0.480 e. The Morgan fingerprint density at radius 2 is 2.02 bits per heavy atom. The first-order valence-electron chi connectivity index (χ1n) is 14.1. The van der Waals surface area contributed by atoms with Crippen molar-refractivity contribution in [2.45, 2.75) is 51.3 Å². The number of rotatable bonds is 6. The number of ether oxygens (including phenoxy) is 2. The van der Waals surface area contributed by atoms with Crippen LogP contribution < -0.4 is 9.64 Å². The Hall–Kier alpha value is -4.03. The van der Waals surface area contributed by atoms with E-state index in [1.165, 1.54) is 4.90 Å². The zero-order valence-corrected chi connectivity index (χ0v) is 24.1. The molecule has 2 fully saturated rings. The molecule has 0 unspecified atom stereocenters. The van der Waals surface area contributed by atoms with Gasteiger partial charge in [-0.2, -0.15) is 4.98 Å². The Labute approximate surface area is 249 Å². The van der Waals surface area contributed by atoms with Crippen molar-refractivity contribution < 1.29 is 32.6 Å². The number of carboxylic acids is 1. The first kappa shape index (κ1) is 27.8. The minimum absolute atomic E-state index is 0.0102. The van der Waals surface area contributed by atoms with E-state index in [0.29, 0.717) is 40.7 Å². The lowest BCUT2D eigenvalue weighted by atomic mass is 9.97. The molecule has 4 atom stereocenters. The van der Waals surface area contributed by atoms with E-state index in [-0.39, 0.29) is 41.8 Å². The Bertz CT molecular complexity index is 1880. The van der Waals surface area contributed by atoms with Crippen molar-refractivity contribution in [2.24, 2.45) is 5.92 Å². The maximum absolute atomic E-state index is 14.0. The van der Waals surface area contributed by atoms with Gasteiger partial charge in [0.1, 0.15) is 23.2 Å². The first-order chi connectivity index (χ1) is 20.7. The number of aryl methyl sites for hydroxylation is 1. The molecule has 5 aromatic rings. The number of anilines is 1. The molecule has 2 aromatic carbocycles. The topological polar surface area (TPSA) is 116 Å². The van der Waals surface area contributed by atoms with Crippen LogP contribution in [0.15, 0.2) is 40.8 Å². The van der Waals surface area contributed by atoms with E-state index in [2.05, 4.69) is 21.5 Å². The summed E-state index contributed by atoms with van der Waals surface area (Å²) < 4.78 is 48.1. The zero-order chi connectivity index (χ0) is 30.0. The lowest BCUT2D eigenvalue weighted by molar-refractivity contribution is -0.138. The van der Waals surface area contributed by atoms with E-state index in [1.54, 1.807) is 30.3 Å². The molecule has 0 radical (unpaired) electrons. The number of fused-ring (bicyclic) bond motifs is 4. The van der Waals surface area contributed by atoms with E-state index in [9.17, 15) is 18.7 Å². The summed E-state index contributed by atoms with van der Waals surface area (Å²) in [4.78, 5) is 26.9. The molecular formula is C30H28ClF2N5O5. The summed E-state index contributed by atoms with van der Waals surface area (Å²) in [5.74, 6) is -1.68. The molecule has 2 aliphatic heterocycles. The number of hydrogen-bond donors (Lipinski definition) is 1. The van der Waals surface area contributed by atoms with Crippen molar-refractivity contribution in [1.82, 2.24) is 19.5 Å². The largest absolute Gasteiger partial charge is 0.480 e. The highest BCUT2D eigenvalue weighted by Crippen LogP contribution is 2.40. The van der Waals surface area contributed by atoms with Crippen LogP contribution in [0, 0.1) is 12.8 Å². The van der Waals surface area contributed by atoms with Gasteiger partial charge in [0.15, 0.2) is 17.2 Å². The number of hydrogen-bond acceptors (Lipinski definition) is 8. The standard InChI is InChI=1S/C30H28ClF2N5O5/c1-14-9-21-19(11-18(14)31)34-30(38(21)20-7-8-41-13-15(20)2)42-16-10-22(29(39)40)37(12-16)28-25-24(35-27(36-28)26(32)33)17-5-3-4-6-23(17)43-25/h3-6,9,11,15-16,20,22,26H,7-8,10,12-13H2,1-2H3,(H,39,40)/t15-,16-,20-,22-/m0/s1. The van der Waals surface area contributed by atoms with Crippen molar-refractivity contribution in [3.05, 3.63) is 52.8 Å². The average Bonchev–Trinajstić information content (AvgIpc) is 3.67. The number of nitrogens with zero attached hydrogens (tertiary/aromatic N) is 5. The monoisotopic (exact) mass is 611 g/mol. The van der Waals surface area contributed by atoms with Crippen LogP contribution >= 0.6 is 11.6 Å². The first-order valence-corrected chi connectivity index (χ1v) is 14.5. The molecular weight excluding hydrogens is 584 g/mol. The highest BCUT2D eigenvalue weighted by atomic mass is 35.5. The van der Waals surface area contributed by atoms with Gasteiger partial charge in [-0.1, -0.05) is 30.7 Å². The summed E-state index contributed by atoms with van der Waals surface area (Å²) in [5, 5.41) is 11.3. The van der Waals surface area contributed by atoms with Gasteiger partial charge in [0.25, 0.3) is 12.4 Å². The zero-order valence-electron chi connectivity index (χ0n) is 23.3. The van der Waals surface area contributed by atoms with Crippen molar-refractivity contribution in [1.29, 1.82) is 0 Å². The Morgan fingerprint density at radius 3 is 2.79 bits per heavy atom. The number of aromatic nitrogens is 4. The van der Waals surface area contributed by atoms with E-state index in [1.807, 2.05) is 13.0 Å². The molecule has 7 rings (SSSR count). The SMILES string of the molecule is Cc1cc2c(cc1Cl)nc(O[C@H]1C[C@@H](C(=O)O)N(c3nc(C(F)F)nc4c3oc3ccccc34)C1)n2[C@H]1CCOC[C@@H]1C. The molecule has 43 heavy (non-hydrogen) atoms. The number of halogens is 3. The molecule has 2 saturated heterocycles. The second-order valence-electron chi connectivity index (χ2n) is 11.2. The lowest BCUT2D eigenvalue weighted by Gasteiger charge is -2.31. The molecule has 224 valence electrons. The molecule has 0 aliphatic carbocycles. The molecule has 3 aromatic heterocycles. The van der Waals surface area contributed by atoms with E-state index >= 15 is 0 Å². The quantitative estimate of drug-likeness (QED) is 0.235. The van der Waals surface area contributed by atoms with Crippen LogP contribution in [0.1, 0.15) is 43.6 Å². The number of alkyl halides is 2. The highest BCUT2D eigenvalue weighted by Gasteiger charge is 2.42. The average molecular weight is 612 g/mol. The van der Waals surface area contributed by atoms with Crippen molar-refractivity contribution in [3.63, 3.8) is 0 Å². The van der Waals surface area contributed by atoms with Gasteiger partial charge in [0.05, 0.1) is 24.2 Å². The van der Waals surface area contributed by atoms with Crippen LogP contribution in [0.2, 0.25) is 5.02 Å². The summed E-state index contributed by atoms with van der Waals surface area (Å²) in [6.07, 6.45) is -2.79. The van der Waals surface area contributed by atoms with Crippen LogP contribution in [0.4, 0.5) is 14.6 Å². The van der Waals surface area contributed by atoms with Crippen LogP contribution in [0.25, 0.3) is 33.1 Å². The van der Waals surface area contributed by atoms with Gasteiger partial charge in [0.2, 0.25) is 0 Å². The van der Waals surface area contributed by atoms with Gasteiger partial charge < -0.3 is 23.9 Å². The molecule has 2 aliphatic rings. The number of aliphatic carboxylic acids is 1. The smallest absolute Gasteiger partial charge is 0.326 e. The van der Waals surface area contributed by atoms with Crippen LogP contribution in [-0.2, 0) is 9.53 Å². The Kier molecular flexibility index (Phi) is 6.85. The molecule has 1 N–H and O–H groups in total. The number of benzene rings is 2. The van der Waals surface area contributed by atoms with Crippen LogP contribution in [0.3, 0.4) is 0 Å². The number of furan rings is 1. The third kappa shape index (κ3) is 4.72. The Morgan fingerprint density at radius 1 is 1.21 bits per heavy atom. The molecule has 13 heteroatoms. The number of para-hydroxylation sites is 1. The van der Waals surface area contributed by atoms with E-state index in [0.717, 1.165) is 17.5 Å². The molecule has 0 bridgehead atoms. The van der Waals surface area contributed by atoms with Gasteiger partial charge in [-0.25, -0.2) is 23.5 Å². The van der Waals surface area contributed by atoms with Crippen molar-refractivity contribution in [2.75, 3.05) is 24.7 Å². The molecule has 0 spiro atoms. The third-order valence-corrected chi connectivity index (χ3v) is 8.78. The number of carbonyl (C=O) groups is 1. The van der Waals surface area contributed by atoms with E-state index in [4.69, 9.17) is 30.5 Å². The molecule has 0 saturated carbocycles. The van der Waals surface area contributed by atoms with Gasteiger partial charge >= 0.3 is 5.97 Å². The number of imidazole rings is 1. The highest BCUT2D eigenvalue weighted by molar-refractivity contribution is 6.32. The predicted octanol–water partition coefficient (Wildman–Crippen LogP) is 6.33. The normalized spacial score (nSPS) is 22.8. The maximum Gasteiger partial charge on any atom is 0.326 e. The van der Waals surface area contributed by atoms with Crippen molar-refractivity contribution in [3.8, 4) is 6.01 Å². The predicted molar refractivity (Wildman–Crippen MR) is 155 cm³/mol. The second kappa shape index (κ2) is 10.6. The van der Waals surface area contributed by atoms with Gasteiger partial charge in [-0.05, 0) is 43.2 Å². The minimum atomic E-state index is -2.97. The fourth-order valence-electron chi connectivity index (χ4n) is 6.24. The summed E-state index contributed by atoms with van der Waals surface area (Å²) in [5.41, 5.74) is 3.20. The summed E-state index contributed by atoms with van der Waals surface area (Å²) in [7, 11) is 0. The van der Waals surface area contributed by atoms with Gasteiger partial charge in [-0.3, -0.25) is 4.57 Å². The molecule has 0 amide bonds. The fraction of sp³-hybridized carbons (Fsp3) is 0.400. The van der Waals surface area contributed by atoms with Crippen LogP contribution in [-0.4, -0.2) is 62.5 Å². The summed E-state index contributed by atoms with van der Waals surface area (Å²) in [6.45, 7) is 5.26. The molecule has 5 heterocycles. The van der Waals surface area contributed by atoms with E-state index < -0.39 is 30.4 Å². The second-order valence-corrected chi connectivity index (χ2v) is 11.6.